The van der Waals surface area contributed by atoms with Gasteiger partial charge in [0.1, 0.15) is 0 Å². The van der Waals surface area contributed by atoms with E-state index in [1.54, 1.807) is 0 Å². The van der Waals surface area contributed by atoms with E-state index in [9.17, 15) is 9.90 Å². The van der Waals surface area contributed by atoms with Crippen molar-refractivity contribution in [3.63, 3.8) is 0 Å². The molecule has 160 valence electrons. The Morgan fingerprint density at radius 2 is 1.39 bits per heavy atom. The molecule has 4 nitrogen and oxygen atoms in total. The smallest absolute Gasteiger partial charge is 0.234 e. The molecule has 1 amide bonds. The summed E-state index contributed by atoms with van der Waals surface area (Å²) in [5, 5.41) is 9.99. The summed E-state index contributed by atoms with van der Waals surface area (Å²) < 4.78 is 0. The van der Waals surface area contributed by atoms with Gasteiger partial charge in [0, 0.05) is 26.7 Å². The fraction of sp³-hybridized carbons (Fsp3) is 0.296. The maximum Gasteiger partial charge on any atom is 0.234 e. The van der Waals surface area contributed by atoms with Crippen LogP contribution in [-0.2, 0) is 4.79 Å². The van der Waals surface area contributed by atoms with E-state index < -0.39 is 0 Å². The first-order valence-electron chi connectivity index (χ1n) is 11.0. The number of benzene rings is 3. The second-order valence-electron chi connectivity index (χ2n) is 8.33. The predicted molar refractivity (Wildman–Crippen MR) is 124 cm³/mol. The quantitative estimate of drug-likeness (QED) is 0.633. The summed E-state index contributed by atoms with van der Waals surface area (Å²) in [5.74, 6) is -0.284. The zero-order valence-corrected chi connectivity index (χ0v) is 18.0. The van der Waals surface area contributed by atoms with Crippen LogP contribution in [0.4, 0.5) is 0 Å². The van der Waals surface area contributed by atoms with Gasteiger partial charge in [-0.05, 0) is 23.1 Å². The van der Waals surface area contributed by atoms with Crippen LogP contribution in [0.1, 0.15) is 35.1 Å². The lowest BCUT2D eigenvalue weighted by molar-refractivity contribution is -0.133. The van der Waals surface area contributed by atoms with E-state index in [-0.39, 0.29) is 24.0 Å². The van der Waals surface area contributed by atoms with Gasteiger partial charge >= 0.3 is 0 Å². The molecular formula is C27H30N2O2. The van der Waals surface area contributed by atoms with Gasteiger partial charge in [-0.1, -0.05) is 91.0 Å². The van der Waals surface area contributed by atoms with Crippen LogP contribution in [-0.4, -0.2) is 53.6 Å². The number of aliphatic hydroxyl groups excluding tert-OH is 1. The molecule has 1 fully saturated rings. The van der Waals surface area contributed by atoms with E-state index in [4.69, 9.17) is 0 Å². The van der Waals surface area contributed by atoms with Crippen LogP contribution in [0.5, 0.6) is 0 Å². The van der Waals surface area contributed by atoms with E-state index in [0.29, 0.717) is 13.1 Å². The van der Waals surface area contributed by atoms with Crippen molar-refractivity contribution in [2.24, 2.45) is 0 Å². The topological polar surface area (TPSA) is 43.8 Å². The highest BCUT2D eigenvalue weighted by Crippen LogP contribution is 2.31. The van der Waals surface area contributed by atoms with E-state index in [1.807, 2.05) is 90.8 Å². The molecule has 4 heteroatoms. The molecule has 31 heavy (non-hydrogen) atoms. The van der Waals surface area contributed by atoms with Gasteiger partial charge in [-0.15, -0.1) is 0 Å². The van der Waals surface area contributed by atoms with Crippen molar-refractivity contribution < 1.29 is 9.90 Å². The van der Waals surface area contributed by atoms with E-state index >= 15 is 0 Å². The van der Waals surface area contributed by atoms with Crippen LogP contribution in [0.25, 0.3) is 0 Å². The fourth-order valence-electron chi connectivity index (χ4n) is 4.48. The molecule has 3 aromatic carbocycles. The van der Waals surface area contributed by atoms with Crippen molar-refractivity contribution >= 4 is 5.91 Å². The number of rotatable bonds is 7. The molecule has 1 heterocycles. The third kappa shape index (κ3) is 5.04. The summed E-state index contributed by atoms with van der Waals surface area (Å²) in [7, 11) is 1.91. The summed E-state index contributed by atoms with van der Waals surface area (Å²) in [6, 6.07) is 30.1. The van der Waals surface area contributed by atoms with E-state index in [1.165, 1.54) is 0 Å². The molecule has 4 rings (SSSR count). The van der Waals surface area contributed by atoms with Gasteiger partial charge in [0.15, 0.2) is 0 Å². The lowest BCUT2D eigenvalue weighted by Gasteiger charge is -2.34. The molecule has 0 radical (unpaired) electrons. The van der Waals surface area contributed by atoms with Crippen molar-refractivity contribution in [3.05, 3.63) is 108 Å². The fourth-order valence-corrected chi connectivity index (χ4v) is 4.48. The SMILES string of the molecule is CN(C(=O)C(c1ccccc1)c1ccccc1)[C@@H](CN1CC[C@H](O)C1)c1ccccc1. The Hall–Kier alpha value is -2.95. The molecule has 0 bridgehead atoms. The minimum atomic E-state index is -0.359. The minimum Gasteiger partial charge on any atom is -0.392 e. The van der Waals surface area contributed by atoms with Crippen LogP contribution in [0.15, 0.2) is 91.0 Å². The van der Waals surface area contributed by atoms with Crippen molar-refractivity contribution in [3.8, 4) is 0 Å². The second-order valence-corrected chi connectivity index (χ2v) is 8.33. The average molecular weight is 415 g/mol. The summed E-state index contributed by atoms with van der Waals surface area (Å²) in [5.41, 5.74) is 3.10. The maximum atomic E-state index is 14.0. The van der Waals surface area contributed by atoms with Gasteiger partial charge in [0.05, 0.1) is 18.1 Å². The lowest BCUT2D eigenvalue weighted by atomic mass is 9.89. The van der Waals surface area contributed by atoms with Gasteiger partial charge in [-0.25, -0.2) is 0 Å². The van der Waals surface area contributed by atoms with Crippen LogP contribution >= 0.6 is 0 Å². The maximum absolute atomic E-state index is 14.0. The first kappa shape index (κ1) is 21.3. The number of likely N-dealkylation sites (tertiary alicyclic amines) is 1. The molecule has 1 N–H and O–H groups in total. The first-order valence-corrected chi connectivity index (χ1v) is 11.0. The van der Waals surface area contributed by atoms with Crippen molar-refractivity contribution in [1.29, 1.82) is 0 Å². The Balaban J connectivity index is 1.66. The normalized spacial score (nSPS) is 17.6. The zero-order valence-electron chi connectivity index (χ0n) is 18.0. The molecule has 3 aromatic rings. The Bertz CT molecular complexity index is 923. The number of hydrogen-bond acceptors (Lipinski definition) is 3. The molecular weight excluding hydrogens is 384 g/mol. The molecule has 1 aliphatic rings. The molecule has 2 atom stereocenters. The van der Waals surface area contributed by atoms with Crippen LogP contribution in [0.2, 0.25) is 0 Å². The lowest BCUT2D eigenvalue weighted by Crippen LogP contribution is -2.41. The minimum absolute atomic E-state index is 0.0750. The van der Waals surface area contributed by atoms with Gasteiger partial charge in [0.2, 0.25) is 5.91 Å². The zero-order chi connectivity index (χ0) is 21.6. The third-order valence-corrected chi connectivity index (χ3v) is 6.19. The molecule has 1 saturated heterocycles. The Kier molecular flexibility index (Phi) is 6.80. The molecule has 0 aromatic heterocycles. The standard InChI is InChI=1S/C27H30N2O2/c1-28(25(21-11-5-2-6-12-21)20-29-18-17-24(30)19-29)27(31)26(22-13-7-3-8-14-22)23-15-9-4-10-16-23/h2-16,24-26,30H,17-20H2,1H3/t24-,25-/m0/s1. The highest BCUT2D eigenvalue weighted by Gasteiger charge is 2.32. The molecule has 1 aliphatic heterocycles. The van der Waals surface area contributed by atoms with Crippen molar-refractivity contribution in [1.82, 2.24) is 9.80 Å². The molecule has 0 aliphatic carbocycles. The summed E-state index contributed by atoms with van der Waals surface area (Å²) >= 11 is 0. The average Bonchev–Trinajstić information content (AvgIpc) is 3.24. The van der Waals surface area contributed by atoms with Gasteiger partial charge < -0.3 is 10.0 Å². The highest BCUT2D eigenvalue weighted by atomic mass is 16.3. The molecule has 0 unspecified atom stereocenters. The van der Waals surface area contributed by atoms with Gasteiger partial charge in [0.25, 0.3) is 0 Å². The number of amides is 1. The van der Waals surface area contributed by atoms with Crippen LogP contribution in [0, 0.1) is 0 Å². The summed E-state index contributed by atoms with van der Waals surface area (Å²) in [6.07, 6.45) is 0.509. The van der Waals surface area contributed by atoms with Crippen LogP contribution < -0.4 is 0 Å². The predicted octanol–water partition coefficient (Wildman–Crippen LogP) is 4.08. The number of hydrogen-bond donors (Lipinski definition) is 1. The Morgan fingerprint density at radius 3 is 1.84 bits per heavy atom. The Morgan fingerprint density at radius 1 is 0.903 bits per heavy atom. The van der Waals surface area contributed by atoms with Gasteiger partial charge in [-0.2, -0.15) is 0 Å². The summed E-state index contributed by atoms with van der Waals surface area (Å²) in [4.78, 5) is 18.1. The number of carbonyl (C=O) groups is 1. The molecule has 0 saturated carbocycles. The summed E-state index contributed by atoms with van der Waals surface area (Å²) in [6.45, 7) is 2.22. The first-order chi connectivity index (χ1) is 15.1. The number of carbonyl (C=O) groups excluding carboxylic acids is 1. The van der Waals surface area contributed by atoms with Crippen LogP contribution in [0.3, 0.4) is 0 Å². The third-order valence-electron chi connectivity index (χ3n) is 6.19. The molecule has 0 spiro atoms. The number of nitrogens with zero attached hydrogens (tertiary/aromatic N) is 2. The van der Waals surface area contributed by atoms with Crippen molar-refractivity contribution in [2.45, 2.75) is 24.5 Å². The highest BCUT2D eigenvalue weighted by molar-refractivity contribution is 5.87. The van der Waals surface area contributed by atoms with E-state index in [0.717, 1.165) is 29.7 Å². The Labute approximate surface area is 184 Å². The van der Waals surface area contributed by atoms with Crippen molar-refractivity contribution in [2.75, 3.05) is 26.7 Å². The monoisotopic (exact) mass is 414 g/mol. The van der Waals surface area contributed by atoms with Gasteiger partial charge in [-0.3, -0.25) is 9.69 Å². The number of β-amino-alcohol motifs (C(OH)–C–C–N with tert-alkyl or cyclic N) is 1. The number of aliphatic hydroxyl groups is 1. The largest absolute Gasteiger partial charge is 0.392 e. The second kappa shape index (κ2) is 9.90. The number of likely N-dealkylation sites (N-methyl/N-ethyl adjacent to an activating group) is 1. The van der Waals surface area contributed by atoms with E-state index in [2.05, 4.69) is 17.0 Å².